The number of amides is 2. The molecule has 30 heavy (non-hydrogen) atoms. The van der Waals surface area contributed by atoms with E-state index in [1.807, 2.05) is 54.6 Å². The quantitative estimate of drug-likeness (QED) is 0.596. The van der Waals surface area contributed by atoms with Gasteiger partial charge in [0.05, 0.1) is 0 Å². The Morgan fingerprint density at radius 3 is 2.30 bits per heavy atom. The van der Waals surface area contributed by atoms with Gasteiger partial charge in [0.15, 0.2) is 0 Å². The molecule has 5 N–H and O–H groups in total. The zero-order chi connectivity index (χ0) is 20.6. The third kappa shape index (κ3) is 6.75. The Morgan fingerprint density at radius 2 is 1.67 bits per heavy atom. The van der Waals surface area contributed by atoms with Gasteiger partial charge in [0.1, 0.15) is 17.5 Å². The van der Waals surface area contributed by atoms with E-state index in [2.05, 4.69) is 5.32 Å². The third-order valence-corrected chi connectivity index (χ3v) is 5.53. The number of para-hydroxylation sites is 1. The van der Waals surface area contributed by atoms with Crippen LogP contribution in [0.4, 0.5) is 0 Å². The number of nitrogens with one attached hydrogen (secondary N) is 1. The fourth-order valence-electron chi connectivity index (χ4n) is 3.77. The molecule has 1 unspecified atom stereocenters. The van der Waals surface area contributed by atoms with Crippen LogP contribution in [-0.2, 0) is 16.0 Å². The topological polar surface area (TPSA) is 107 Å². The number of benzene rings is 2. The molecule has 1 aliphatic rings. The number of ether oxygens (including phenoxy) is 1. The third-order valence-electron chi connectivity index (χ3n) is 5.53. The van der Waals surface area contributed by atoms with Gasteiger partial charge in [0, 0.05) is 12.3 Å². The second kappa shape index (κ2) is 11.6. The van der Waals surface area contributed by atoms with E-state index in [-0.39, 0.29) is 24.2 Å². The molecule has 2 amide bonds. The molecule has 162 valence electrons. The highest BCUT2D eigenvalue weighted by atomic mass is 35.5. The number of hydrogen-bond acceptors (Lipinski definition) is 4. The van der Waals surface area contributed by atoms with E-state index in [0.29, 0.717) is 24.6 Å². The van der Waals surface area contributed by atoms with Gasteiger partial charge in [0.25, 0.3) is 0 Å². The molecule has 3 rings (SSSR count). The first kappa shape index (κ1) is 23.7. The molecule has 0 spiro atoms. The normalized spacial score (nSPS) is 19.2. The Labute approximate surface area is 183 Å². The first-order valence-corrected chi connectivity index (χ1v) is 10.2. The van der Waals surface area contributed by atoms with Gasteiger partial charge in [-0.25, -0.2) is 0 Å². The fourth-order valence-corrected chi connectivity index (χ4v) is 3.77. The van der Waals surface area contributed by atoms with Crippen molar-refractivity contribution in [2.45, 2.75) is 38.1 Å². The van der Waals surface area contributed by atoms with Gasteiger partial charge in [-0.3, -0.25) is 9.59 Å². The number of hydrogen-bond donors (Lipinski definition) is 3. The number of primary amides is 1. The maximum Gasteiger partial charge on any atom is 0.240 e. The summed E-state index contributed by atoms with van der Waals surface area (Å²) in [6.45, 7) is 0.666. The zero-order valence-electron chi connectivity index (χ0n) is 17.0. The lowest BCUT2D eigenvalue weighted by Gasteiger charge is -2.28. The van der Waals surface area contributed by atoms with E-state index in [1.54, 1.807) is 0 Å². The summed E-state index contributed by atoms with van der Waals surface area (Å²) in [4.78, 5) is 24.6. The number of nitrogens with two attached hydrogens (primary N) is 2. The van der Waals surface area contributed by atoms with E-state index in [9.17, 15) is 9.59 Å². The van der Waals surface area contributed by atoms with Gasteiger partial charge in [-0.1, -0.05) is 30.3 Å². The Kier molecular flexibility index (Phi) is 9.15. The summed E-state index contributed by atoms with van der Waals surface area (Å²) >= 11 is 0. The molecule has 0 radical (unpaired) electrons. The van der Waals surface area contributed by atoms with Gasteiger partial charge in [-0.15, -0.1) is 12.4 Å². The molecule has 1 aliphatic carbocycles. The summed E-state index contributed by atoms with van der Waals surface area (Å²) in [5.41, 5.74) is 12.2. The van der Waals surface area contributed by atoms with Crippen molar-refractivity contribution in [2.75, 3.05) is 6.54 Å². The zero-order valence-corrected chi connectivity index (χ0v) is 17.8. The van der Waals surface area contributed by atoms with Crippen molar-refractivity contribution in [2.24, 2.45) is 23.3 Å². The number of rotatable bonds is 8. The fraction of sp³-hybridized carbons (Fsp3) is 0.391. The van der Waals surface area contributed by atoms with E-state index in [4.69, 9.17) is 16.2 Å². The van der Waals surface area contributed by atoms with Gasteiger partial charge in [0.2, 0.25) is 11.8 Å². The van der Waals surface area contributed by atoms with Crippen LogP contribution in [0.5, 0.6) is 11.5 Å². The van der Waals surface area contributed by atoms with Gasteiger partial charge in [-0.05, 0) is 68.0 Å². The van der Waals surface area contributed by atoms with Crippen molar-refractivity contribution >= 4 is 24.2 Å². The van der Waals surface area contributed by atoms with E-state index in [0.717, 1.165) is 37.0 Å². The first-order valence-electron chi connectivity index (χ1n) is 10.2. The van der Waals surface area contributed by atoms with Crippen LogP contribution < -0.4 is 21.5 Å². The highest BCUT2D eigenvalue weighted by Crippen LogP contribution is 2.28. The largest absolute Gasteiger partial charge is 0.457 e. The number of halogens is 1. The van der Waals surface area contributed by atoms with Crippen LogP contribution in [0.1, 0.15) is 31.2 Å². The molecule has 1 atom stereocenters. The van der Waals surface area contributed by atoms with Gasteiger partial charge in [-0.2, -0.15) is 0 Å². The maximum atomic E-state index is 12.6. The average molecular weight is 432 g/mol. The molecular formula is C23H30ClN3O3. The smallest absolute Gasteiger partial charge is 0.240 e. The summed E-state index contributed by atoms with van der Waals surface area (Å²) in [5, 5.41) is 2.85. The minimum absolute atomic E-state index is 0. The molecule has 0 heterocycles. The molecule has 2 aromatic rings. The highest BCUT2D eigenvalue weighted by molar-refractivity contribution is 5.87. The summed E-state index contributed by atoms with van der Waals surface area (Å²) in [5.74, 6) is 1.19. The monoisotopic (exact) mass is 431 g/mol. The molecule has 1 saturated carbocycles. The Morgan fingerprint density at radius 1 is 1.00 bits per heavy atom. The van der Waals surface area contributed by atoms with E-state index < -0.39 is 11.9 Å². The number of carbonyl (C=O) groups excluding carboxylic acids is 2. The first-order chi connectivity index (χ1) is 14.0. The molecule has 0 aliphatic heterocycles. The van der Waals surface area contributed by atoms with Crippen molar-refractivity contribution in [1.29, 1.82) is 0 Å². The van der Waals surface area contributed by atoms with Crippen LogP contribution in [0.3, 0.4) is 0 Å². The molecule has 1 fully saturated rings. The van der Waals surface area contributed by atoms with E-state index >= 15 is 0 Å². The second-order valence-corrected chi connectivity index (χ2v) is 7.68. The van der Waals surface area contributed by atoms with Crippen LogP contribution in [0, 0.1) is 11.8 Å². The maximum absolute atomic E-state index is 12.6. The van der Waals surface area contributed by atoms with Crippen LogP contribution in [0.2, 0.25) is 0 Å². The number of carbonyl (C=O) groups is 2. The summed E-state index contributed by atoms with van der Waals surface area (Å²) in [7, 11) is 0. The lowest BCUT2D eigenvalue weighted by Crippen LogP contribution is -2.48. The van der Waals surface area contributed by atoms with Gasteiger partial charge < -0.3 is 21.5 Å². The Bertz CT molecular complexity index is 823. The van der Waals surface area contributed by atoms with E-state index in [1.165, 1.54) is 0 Å². The average Bonchev–Trinajstić information content (AvgIpc) is 2.74. The summed E-state index contributed by atoms with van der Waals surface area (Å²) in [6.07, 6.45) is 3.84. The molecule has 0 aromatic heterocycles. The van der Waals surface area contributed by atoms with Crippen LogP contribution in [0.15, 0.2) is 54.6 Å². The highest BCUT2D eigenvalue weighted by Gasteiger charge is 2.28. The molecule has 6 nitrogen and oxygen atoms in total. The molecule has 7 heteroatoms. The van der Waals surface area contributed by atoms with Crippen LogP contribution in [-0.4, -0.2) is 24.4 Å². The molecule has 2 aromatic carbocycles. The molecular weight excluding hydrogens is 402 g/mol. The SMILES string of the molecule is Cl.NC[C@H]1CC[C@H](C(=O)NC(Cc2cccc(Oc3ccccc3)c2)C(N)=O)CC1. The molecule has 0 saturated heterocycles. The van der Waals surface area contributed by atoms with Crippen molar-refractivity contribution in [3.63, 3.8) is 0 Å². The summed E-state index contributed by atoms with van der Waals surface area (Å²) < 4.78 is 5.84. The van der Waals surface area contributed by atoms with Crippen LogP contribution in [0.25, 0.3) is 0 Å². The van der Waals surface area contributed by atoms with Crippen molar-refractivity contribution < 1.29 is 14.3 Å². The van der Waals surface area contributed by atoms with Crippen molar-refractivity contribution in [3.8, 4) is 11.5 Å². The van der Waals surface area contributed by atoms with Gasteiger partial charge >= 0.3 is 0 Å². The lowest BCUT2D eigenvalue weighted by molar-refractivity contribution is -0.130. The second-order valence-electron chi connectivity index (χ2n) is 7.68. The van der Waals surface area contributed by atoms with Crippen LogP contribution >= 0.6 is 12.4 Å². The predicted octanol–water partition coefficient (Wildman–Crippen LogP) is 3.18. The minimum Gasteiger partial charge on any atom is -0.457 e. The Balaban J connectivity index is 0.00000320. The standard InChI is InChI=1S/C23H29N3O3.ClH/c24-15-16-9-11-18(12-10-16)23(28)26-21(22(25)27)14-17-5-4-8-20(13-17)29-19-6-2-1-3-7-19;/h1-8,13,16,18,21H,9-12,14-15,24H2,(H2,25,27)(H,26,28);1H/t16-,18-,21?;. The lowest BCUT2D eigenvalue weighted by atomic mass is 9.81. The van der Waals surface area contributed by atoms with Crippen molar-refractivity contribution in [3.05, 3.63) is 60.2 Å². The van der Waals surface area contributed by atoms with Crippen molar-refractivity contribution in [1.82, 2.24) is 5.32 Å². The Hall–Kier alpha value is -2.57. The minimum atomic E-state index is -0.748. The molecule has 0 bridgehead atoms. The summed E-state index contributed by atoms with van der Waals surface area (Å²) in [6, 6.07) is 16.2. The predicted molar refractivity (Wildman–Crippen MR) is 120 cm³/mol.